The van der Waals surface area contributed by atoms with E-state index in [1.807, 2.05) is 0 Å². The van der Waals surface area contributed by atoms with Crippen molar-refractivity contribution in [1.29, 1.82) is 0 Å². The molecule has 3 N–H and O–H groups in total. The van der Waals surface area contributed by atoms with Crippen LogP contribution in [0, 0.1) is 0 Å². The van der Waals surface area contributed by atoms with Gasteiger partial charge in [0.25, 0.3) is 0 Å². The summed E-state index contributed by atoms with van der Waals surface area (Å²) in [7, 11) is 1.72. The van der Waals surface area contributed by atoms with Gasteiger partial charge in [-0.1, -0.05) is 13.8 Å². The van der Waals surface area contributed by atoms with Crippen molar-refractivity contribution >= 4 is 11.6 Å². The number of methoxy groups -OCH3 is 1. The molecule has 96 valence electrons. The number of ether oxygens (including phenoxy) is 1. The highest BCUT2D eigenvalue weighted by Crippen LogP contribution is 2.25. The van der Waals surface area contributed by atoms with Gasteiger partial charge in [-0.05, 0) is 18.8 Å². The lowest BCUT2D eigenvalue weighted by atomic mass is 10.0. The van der Waals surface area contributed by atoms with Crippen LogP contribution in [0.2, 0.25) is 0 Å². The van der Waals surface area contributed by atoms with Gasteiger partial charge in [0, 0.05) is 25.8 Å². The molecule has 1 heterocycles. The van der Waals surface area contributed by atoms with Crippen LogP contribution in [0.25, 0.3) is 0 Å². The van der Waals surface area contributed by atoms with E-state index >= 15 is 0 Å². The SMILES string of the molecule is COCCCCNc1ncnc(N)c1C(C)C. The van der Waals surface area contributed by atoms with Gasteiger partial charge in [-0.2, -0.15) is 0 Å². The molecule has 5 heteroatoms. The molecule has 0 aliphatic rings. The van der Waals surface area contributed by atoms with Crippen LogP contribution in [0.3, 0.4) is 0 Å². The summed E-state index contributed by atoms with van der Waals surface area (Å²) in [6.45, 7) is 5.85. The molecule has 0 aliphatic heterocycles. The molecule has 0 aliphatic carbocycles. The van der Waals surface area contributed by atoms with Gasteiger partial charge in [0.2, 0.25) is 0 Å². The normalized spacial score (nSPS) is 10.8. The third kappa shape index (κ3) is 4.19. The first-order valence-electron chi connectivity index (χ1n) is 6.00. The Morgan fingerprint density at radius 3 is 2.76 bits per heavy atom. The number of nitrogens with zero attached hydrogens (tertiary/aromatic N) is 2. The zero-order valence-corrected chi connectivity index (χ0v) is 10.9. The van der Waals surface area contributed by atoms with Crippen LogP contribution in [0.15, 0.2) is 6.33 Å². The van der Waals surface area contributed by atoms with Crippen LogP contribution in [-0.2, 0) is 4.74 Å². The van der Waals surface area contributed by atoms with Gasteiger partial charge < -0.3 is 15.8 Å². The maximum atomic E-state index is 5.86. The van der Waals surface area contributed by atoms with E-state index in [0.29, 0.717) is 11.7 Å². The van der Waals surface area contributed by atoms with E-state index in [2.05, 4.69) is 29.1 Å². The van der Waals surface area contributed by atoms with Crippen LogP contribution in [0.1, 0.15) is 38.2 Å². The lowest BCUT2D eigenvalue weighted by Gasteiger charge is -2.14. The smallest absolute Gasteiger partial charge is 0.134 e. The Labute approximate surface area is 103 Å². The molecule has 0 radical (unpaired) electrons. The van der Waals surface area contributed by atoms with Crippen LogP contribution in [0.5, 0.6) is 0 Å². The van der Waals surface area contributed by atoms with E-state index in [0.717, 1.165) is 37.4 Å². The van der Waals surface area contributed by atoms with E-state index in [-0.39, 0.29) is 0 Å². The summed E-state index contributed by atoms with van der Waals surface area (Å²) in [5, 5.41) is 3.31. The molecule has 1 aromatic heterocycles. The van der Waals surface area contributed by atoms with E-state index in [4.69, 9.17) is 10.5 Å². The van der Waals surface area contributed by atoms with Crippen molar-refractivity contribution in [1.82, 2.24) is 9.97 Å². The molecule has 0 atom stereocenters. The molecule has 5 nitrogen and oxygen atoms in total. The monoisotopic (exact) mass is 238 g/mol. The fourth-order valence-corrected chi connectivity index (χ4v) is 1.70. The van der Waals surface area contributed by atoms with Crippen molar-refractivity contribution in [2.24, 2.45) is 0 Å². The molecule has 0 spiro atoms. The largest absolute Gasteiger partial charge is 0.385 e. The molecule has 0 amide bonds. The standard InChI is InChI=1S/C12H22N4O/c1-9(2)10-11(13)15-8-16-12(10)14-6-4-5-7-17-3/h8-9H,4-7H2,1-3H3,(H3,13,14,15,16). The minimum atomic E-state index is 0.317. The summed E-state index contributed by atoms with van der Waals surface area (Å²) in [5.74, 6) is 1.73. The van der Waals surface area contributed by atoms with Crippen molar-refractivity contribution < 1.29 is 4.74 Å². The predicted molar refractivity (Wildman–Crippen MR) is 70.1 cm³/mol. The van der Waals surface area contributed by atoms with Crippen LogP contribution >= 0.6 is 0 Å². The number of aromatic nitrogens is 2. The second-order valence-electron chi connectivity index (χ2n) is 4.30. The number of hydrogen-bond donors (Lipinski definition) is 2. The first-order chi connectivity index (χ1) is 8.16. The van der Waals surface area contributed by atoms with E-state index in [1.54, 1.807) is 7.11 Å². The van der Waals surface area contributed by atoms with E-state index in [9.17, 15) is 0 Å². The average Bonchev–Trinajstić information content (AvgIpc) is 2.28. The van der Waals surface area contributed by atoms with Crippen molar-refractivity contribution in [3.05, 3.63) is 11.9 Å². The molecule has 17 heavy (non-hydrogen) atoms. The maximum Gasteiger partial charge on any atom is 0.134 e. The number of nitrogen functional groups attached to an aromatic ring is 1. The average molecular weight is 238 g/mol. The van der Waals surface area contributed by atoms with E-state index in [1.165, 1.54) is 6.33 Å². The molecule has 0 fully saturated rings. The van der Waals surface area contributed by atoms with Crippen molar-refractivity contribution in [3.63, 3.8) is 0 Å². The van der Waals surface area contributed by atoms with Gasteiger partial charge in [0.05, 0.1) is 0 Å². The number of hydrogen-bond acceptors (Lipinski definition) is 5. The minimum absolute atomic E-state index is 0.317. The predicted octanol–water partition coefficient (Wildman–Crippen LogP) is 2.02. The molecule has 0 saturated heterocycles. The number of nitrogens with one attached hydrogen (secondary N) is 1. The molecular formula is C12H22N4O. The summed E-state index contributed by atoms with van der Waals surface area (Å²) in [4.78, 5) is 8.27. The highest BCUT2D eigenvalue weighted by atomic mass is 16.5. The third-order valence-electron chi connectivity index (χ3n) is 2.56. The summed E-state index contributed by atoms with van der Waals surface area (Å²) in [6, 6.07) is 0. The number of anilines is 2. The molecule has 1 aromatic rings. The molecule has 1 rings (SSSR count). The van der Waals surface area contributed by atoms with Crippen LogP contribution in [-0.4, -0.2) is 30.2 Å². The topological polar surface area (TPSA) is 73.1 Å². The van der Waals surface area contributed by atoms with E-state index < -0.39 is 0 Å². The zero-order valence-electron chi connectivity index (χ0n) is 10.9. The first kappa shape index (κ1) is 13.7. The number of unbranched alkanes of at least 4 members (excludes halogenated alkanes) is 1. The molecule has 0 saturated carbocycles. The Morgan fingerprint density at radius 2 is 2.12 bits per heavy atom. The van der Waals surface area contributed by atoms with Crippen molar-refractivity contribution in [3.8, 4) is 0 Å². The second kappa shape index (κ2) is 7.06. The second-order valence-corrected chi connectivity index (χ2v) is 4.30. The molecular weight excluding hydrogens is 216 g/mol. The highest BCUT2D eigenvalue weighted by Gasteiger charge is 2.12. The Hall–Kier alpha value is -1.36. The van der Waals surface area contributed by atoms with Gasteiger partial charge >= 0.3 is 0 Å². The number of rotatable bonds is 7. The van der Waals surface area contributed by atoms with Crippen LogP contribution < -0.4 is 11.1 Å². The zero-order chi connectivity index (χ0) is 12.7. The fraction of sp³-hybridized carbons (Fsp3) is 0.667. The van der Waals surface area contributed by atoms with Gasteiger partial charge in [0.15, 0.2) is 0 Å². The Morgan fingerprint density at radius 1 is 1.35 bits per heavy atom. The minimum Gasteiger partial charge on any atom is -0.385 e. The summed E-state index contributed by atoms with van der Waals surface area (Å²) >= 11 is 0. The van der Waals surface area contributed by atoms with Gasteiger partial charge in [0.1, 0.15) is 18.0 Å². The Balaban J connectivity index is 2.55. The Kier molecular flexibility index (Phi) is 5.69. The molecule has 0 bridgehead atoms. The van der Waals surface area contributed by atoms with Gasteiger partial charge in [-0.25, -0.2) is 9.97 Å². The third-order valence-corrected chi connectivity index (χ3v) is 2.56. The fourth-order valence-electron chi connectivity index (χ4n) is 1.70. The quantitative estimate of drug-likeness (QED) is 0.711. The summed E-state index contributed by atoms with van der Waals surface area (Å²) in [5.41, 5.74) is 6.86. The highest BCUT2D eigenvalue weighted by molar-refractivity contribution is 5.56. The van der Waals surface area contributed by atoms with Gasteiger partial charge in [-0.3, -0.25) is 0 Å². The molecule has 0 aromatic carbocycles. The summed E-state index contributed by atoms with van der Waals surface area (Å²) in [6.07, 6.45) is 3.59. The maximum absolute atomic E-state index is 5.86. The first-order valence-corrected chi connectivity index (χ1v) is 6.00. The Bertz CT molecular complexity index is 341. The molecule has 0 unspecified atom stereocenters. The van der Waals surface area contributed by atoms with Crippen LogP contribution in [0.4, 0.5) is 11.6 Å². The summed E-state index contributed by atoms with van der Waals surface area (Å²) < 4.78 is 5.00. The van der Waals surface area contributed by atoms with Crippen molar-refractivity contribution in [2.45, 2.75) is 32.6 Å². The number of nitrogens with two attached hydrogens (primary N) is 1. The van der Waals surface area contributed by atoms with Crippen molar-refractivity contribution in [2.75, 3.05) is 31.3 Å². The lowest BCUT2D eigenvalue weighted by Crippen LogP contribution is -2.10. The lowest BCUT2D eigenvalue weighted by molar-refractivity contribution is 0.194. The van der Waals surface area contributed by atoms with Gasteiger partial charge in [-0.15, -0.1) is 0 Å².